The van der Waals surface area contributed by atoms with E-state index in [0.29, 0.717) is 35.9 Å². The first kappa shape index (κ1) is 28.5. The fourth-order valence-electron chi connectivity index (χ4n) is 4.52. The van der Waals surface area contributed by atoms with Gasteiger partial charge < -0.3 is 25.2 Å². The van der Waals surface area contributed by atoms with Gasteiger partial charge in [-0.05, 0) is 80.7 Å². The lowest BCUT2D eigenvalue weighted by molar-refractivity contribution is 0.0948. The van der Waals surface area contributed by atoms with Crippen LogP contribution in [-0.2, 0) is 0 Å². The number of nitrogens with one attached hydrogen (secondary N) is 2. The highest BCUT2D eigenvalue weighted by molar-refractivity contribution is 6.06. The number of benzene rings is 2. The smallest absolute Gasteiger partial charge is 0.255 e. The summed E-state index contributed by atoms with van der Waals surface area (Å²) in [7, 11) is 0. The Morgan fingerprint density at radius 2 is 1.70 bits per heavy atom. The van der Waals surface area contributed by atoms with Crippen molar-refractivity contribution in [3.8, 4) is 5.75 Å². The zero-order valence-electron chi connectivity index (χ0n) is 23.0. The zero-order valence-corrected chi connectivity index (χ0v) is 23.0. The molecule has 1 aliphatic heterocycles. The van der Waals surface area contributed by atoms with E-state index >= 15 is 0 Å². The molecule has 1 aliphatic rings. The van der Waals surface area contributed by atoms with Gasteiger partial charge in [0.2, 0.25) is 0 Å². The summed E-state index contributed by atoms with van der Waals surface area (Å²) in [5.74, 6) is 1.14. The van der Waals surface area contributed by atoms with Gasteiger partial charge in [-0.1, -0.05) is 34.1 Å². The summed E-state index contributed by atoms with van der Waals surface area (Å²) in [5, 5.41) is 6.06. The maximum atomic E-state index is 13.3. The number of nitrogens with zero attached hydrogens (tertiary/aromatic N) is 2. The van der Waals surface area contributed by atoms with Gasteiger partial charge in [0.05, 0.1) is 12.2 Å². The SMILES string of the molecule is CCCCOc1ccc(C(=O)Nc2ccc(N3CCC(C)CC3)c(C(=O)NCCN(CC)CC)c2)cc1. The fourth-order valence-corrected chi connectivity index (χ4v) is 4.52. The van der Waals surface area contributed by atoms with Crippen LogP contribution in [0.2, 0.25) is 0 Å². The van der Waals surface area contributed by atoms with Crippen molar-refractivity contribution in [3.05, 3.63) is 53.6 Å². The molecule has 2 amide bonds. The predicted octanol–water partition coefficient (Wildman–Crippen LogP) is 5.43. The standard InChI is InChI=1S/C30H44N4O3/c1-5-8-21-37-26-12-9-24(10-13-26)29(35)32-25-11-14-28(34-18-15-23(4)16-19-34)27(22-25)30(36)31-17-20-33(6-2)7-3/h9-14,22-23H,5-8,15-21H2,1-4H3,(H,31,36)(H,32,35). The molecular formula is C30H44N4O3. The molecule has 0 radical (unpaired) electrons. The first-order chi connectivity index (χ1) is 17.9. The van der Waals surface area contributed by atoms with Crippen LogP contribution in [0.5, 0.6) is 5.75 Å². The van der Waals surface area contributed by atoms with E-state index in [9.17, 15) is 9.59 Å². The third kappa shape index (κ3) is 8.49. The number of hydrogen-bond donors (Lipinski definition) is 2. The quantitative estimate of drug-likeness (QED) is 0.353. The normalized spacial score (nSPS) is 14.0. The van der Waals surface area contributed by atoms with E-state index < -0.39 is 0 Å². The summed E-state index contributed by atoms with van der Waals surface area (Å²) < 4.78 is 5.70. The number of carbonyl (C=O) groups is 2. The minimum absolute atomic E-state index is 0.106. The van der Waals surface area contributed by atoms with Crippen molar-refractivity contribution in [2.24, 2.45) is 5.92 Å². The molecule has 2 N–H and O–H groups in total. The molecule has 3 rings (SSSR count). The Balaban J connectivity index is 1.73. The molecule has 0 aliphatic carbocycles. The van der Waals surface area contributed by atoms with Gasteiger partial charge in [0.15, 0.2) is 0 Å². The molecule has 7 heteroatoms. The number of carbonyl (C=O) groups excluding carboxylic acids is 2. The van der Waals surface area contributed by atoms with Gasteiger partial charge in [-0.15, -0.1) is 0 Å². The lowest BCUT2D eigenvalue weighted by Crippen LogP contribution is -2.37. The van der Waals surface area contributed by atoms with Crippen LogP contribution in [0.25, 0.3) is 0 Å². The topological polar surface area (TPSA) is 73.9 Å². The summed E-state index contributed by atoms with van der Waals surface area (Å²) in [6.45, 7) is 14.5. The lowest BCUT2D eigenvalue weighted by Gasteiger charge is -2.33. The predicted molar refractivity (Wildman–Crippen MR) is 152 cm³/mol. The van der Waals surface area contributed by atoms with Gasteiger partial charge in [0, 0.05) is 43.1 Å². The molecule has 1 fully saturated rings. The fraction of sp³-hybridized carbons (Fsp3) is 0.533. The van der Waals surface area contributed by atoms with Crippen LogP contribution in [0.1, 0.15) is 74.1 Å². The van der Waals surface area contributed by atoms with E-state index in [1.807, 2.05) is 24.3 Å². The highest BCUT2D eigenvalue weighted by Gasteiger charge is 2.22. The summed E-state index contributed by atoms with van der Waals surface area (Å²) in [5.41, 5.74) is 2.68. The first-order valence-corrected chi connectivity index (χ1v) is 13.9. The molecule has 2 aromatic rings. The molecule has 37 heavy (non-hydrogen) atoms. The molecule has 0 spiro atoms. The third-order valence-electron chi connectivity index (χ3n) is 7.11. The highest BCUT2D eigenvalue weighted by Crippen LogP contribution is 2.29. The van der Waals surface area contributed by atoms with E-state index in [4.69, 9.17) is 4.74 Å². The maximum absolute atomic E-state index is 13.3. The van der Waals surface area contributed by atoms with Gasteiger partial charge in [-0.3, -0.25) is 9.59 Å². The molecule has 7 nitrogen and oxygen atoms in total. The summed E-state index contributed by atoms with van der Waals surface area (Å²) >= 11 is 0. The maximum Gasteiger partial charge on any atom is 0.255 e. The van der Waals surface area contributed by atoms with Crippen LogP contribution in [0.4, 0.5) is 11.4 Å². The van der Waals surface area contributed by atoms with Crippen molar-refractivity contribution in [2.45, 2.75) is 53.4 Å². The number of amides is 2. The minimum Gasteiger partial charge on any atom is -0.494 e. The Morgan fingerprint density at radius 1 is 1.00 bits per heavy atom. The van der Waals surface area contributed by atoms with Crippen LogP contribution >= 0.6 is 0 Å². The molecule has 0 aromatic heterocycles. The number of anilines is 2. The molecule has 1 saturated heterocycles. The Hall–Kier alpha value is -3.06. The second-order valence-corrected chi connectivity index (χ2v) is 9.86. The van der Waals surface area contributed by atoms with Gasteiger partial charge in [0.25, 0.3) is 11.8 Å². The Labute approximate surface area is 222 Å². The molecule has 0 atom stereocenters. The summed E-state index contributed by atoms with van der Waals surface area (Å²) in [4.78, 5) is 30.8. The van der Waals surface area contributed by atoms with Crippen LogP contribution in [0.15, 0.2) is 42.5 Å². The van der Waals surface area contributed by atoms with Crippen molar-refractivity contribution in [3.63, 3.8) is 0 Å². The largest absolute Gasteiger partial charge is 0.494 e. The van der Waals surface area contributed by atoms with Gasteiger partial charge in [-0.25, -0.2) is 0 Å². The number of hydrogen-bond acceptors (Lipinski definition) is 5. The number of rotatable bonds is 13. The van der Waals surface area contributed by atoms with Crippen molar-refractivity contribution >= 4 is 23.2 Å². The first-order valence-electron chi connectivity index (χ1n) is 13.9. The van der Waals surface area contributed by atoms with Gasteiger partial charge >= 0.3 is 0 Å². The lowest BCUT2D eigenvalue weighted by atomic mass is 9.97. The van der Waals surface area contributed by atoms with Crippen LogP contribution in [-0.4, -0.2) is 62.6 Å². The van der Waals surface area contributed by atoms with E-state index in [0.717, 1.165) is 69.8 Å². The molecule has 1 heterocycles. The molecule has 0 unspecified atom stereocenters. The Bertz CT molecular complexity index is 996. The van der Waals surface area contributed by atoms with Crippen molar-refractivity contribution in [1.29, 1.82) is 0 Å². The summed E-state index contributed by atoms with van der Waals surface area (Å²) in [6.07, 6.45) is 4.30. The summed E-state index contributed by atoms with van der Waals surface area (Å²) in [6, 6.07) is 12.8. The monoisotopic (exact) mass is 508 g/mol. The molecule has 0 bridgehead atoms. The third-order valence-corrected chi connectivity index (χ3v) is 7.11. The second-order valence-electron chi connectivity index (χ2n) is 9.86. The molecule has 202 valence electrons. The number of piperidine rings is 1. The Kier molecular flexibility index (Phi) is 11.3. The van der Waals surface area contributed by atoms with Crippen molar-refractivity contribution < 1.29 is 14.3 Å². The molecule has 2 aromatic carbocycles. The zero-order chi connectivity index (χ0) is 26.6. The van der Waals surface area contributed by atoms with E-state index in [-0.39, 0.29) is 11.8 Å². The second kappa shape index (κ2) is 14.6. The van der Waals surface area contributed by atoms with Gasteiger partial charge in [-0.2, -0.15) is 0 Å². The van der Waals surface area contributed by atoms with Crippen LogP contribution in [0.3, 0.4) is 0 Å². The Morgan fingerprint density at radius 3 is 2.35 bits per heavy atom. The number of ether oxygens (including phenoxy) is 1. The van der Waals surface area contributed by atoms with E-state index in [2.05, 4.69) is 48.1 Å². The average molecular weight is 509 g/mol. The van der Waals surface area contributed by atoms with E-state index in [1.54, 1.807) is 18.2 Å². The molecule has 0 saturated carbocycles. The number of likely N-dealkylation sites (N-methyl/N-ethyl adjacent to an activating group) is 1. The van der Waals surface area contributed by atoms with Gasteiger partial charge in [0.1, 0.15) is 5.75 Å². The minimum atomic E-state index is -0.215. The van der Waals surface area contributed by atoms with Crippen LogP contribution in [0, 0.1) is 5.92 Å². The van der Waals surface area contributed by atoms with Crippen molar-refractivity contribution in [1.82, 2.24) is 10.2 Å². The van der Waals surface area contributed by atoms with Crippen molar-refractivity contribution in [2.75, 3.05) is 56.1 Å². The average Bonchev–Trinajstić information content (AvgIpc) is 2.92. The highest BCUT2D eigenvalue weighted by atomic mass is 16.5. The molecular weight excluding hydrogens is 464 g/mol. The van der Waals surface area contributed by atoms with Crippen LogP contribution < -0.4 is 20.3 Å². The van der Waals surface area contributed by atoms with E-state index in [1.165, 1.54) is 0 Å². The number of unbranched alkanes of at least 4 members (excludes halogenated alkanes) is 1.